The Hall–Kier alpha value is -2.74. The molecular formula is C22H24N2. The zero-order valence-corrected chi connectivity index (χ0v) is 13.9. The first-order chi connectivity index (χ1) is 11.7. The first kappa shape index (κ1) is 16.1. The van der Waals surface area contributed by atoms with Gasteiger partial charge in [0.15, 0.2) is 0 Å². The number of hydrogen-bond acceptors (Lipinski definition) is 2. The predicted octanol–water partition coefficient (Wildman–Crippen LogP) is 4.42. The molecule has 0 saturated heterocycles. The van der Waals surface area contributed by atoms with Crippen molar-refractivity contribution in [2.45, 2.75) is 25.7 Å². The van der Waals surface area contributed by atoms with Gasteiger partial charge in [-0.3, -0.25) is 0 Å². The van der Waals surface area contributed by atoms with Crippen LogP contribution in [0.3, 0.4) is 0 Å². The highest BCUT2D eigenvalue weighted by atomic mass is 14.5. The Bertz CT molecular complexity index is 705. The molecule has 0 amide bonds. The molecule has 3 aromatic rings. The van der Waals surface area contributed by atoms with Crippen molar-refractivity contribution in [2.75, 3.05) is 11.5 Å². The van der Waals surface area contributed by atoms with Gasteiger partial charge in [-0.25, -0.2) is 0 Å². The number of nitrogen functional groups attached to an aromatic ring is 2. The largest absolute Gasteiger partial charge is 0.399 e. The van der Waals surface area contributed by atoms with Gasteiger partial charge in [0.1, 0.15) is 0 Å². The van der Waals surface area contributed by atoms with Crippen LogP contribution in [-0.2, 0) is 25.7 Å². The van der Waals surface area contributed by atoms with E-state index in [9.17, 15) is 0 Å². The number of nitrogens with two attached hydrogens (primary N) is 2. The second-order valence-electron chi connectivity index (χ2n) is 6.25. The Morgan fingerprint density at radius 2 is 0.833 bits per heavy atom. The first-order valence-corrected chi connectivity index (χ1v) is 8.46. The van der Waals surface area contributed by atoms with E-state index in [2.05, 4.69) is 48.5 Å². The van der Waals surface area contributed by atoms with Crippen molar-refractivity contribution in [2.24, 2.45) is 0 Å². The van der Waals surface area contributed by atoms with Gasteiger partial charge in [-0.15, -0.1) is 0 Å². The molecule has 0 saturated carbocycles. The van der Waals surface area contributed by atoms with E-state index in [0.717, 1.165) is 37.1 Å². The summed E-state index contributed by atoms with van der Waals surface area (Å²) in [7, 11) is 0. The second kappa shape index (κ2) is 7.69. The molecular weight excluding hydrogens is 292 g/mol. The number of anilines is 2. The average Bonchev–Trinajstić information content (AvgIpc) is 2.61. The Morgan fingerprint density at radius 1 is 0.458 bits per heavy atom. The van der Waals surface area contributed by atoms with Crippen molar-refractivity contribution in [1.82, 2.24) is 0 Å². The summed E-state index contributed by atoms with van der Waals surface area (Å²) in [6, 6.07) is 25.1. The fourth-order valence-electron chi connectivity index (χ4n) is 2.97. The summed E-state index contributed by atoms with van der Waals surface area (Å²) in [5.74, 6) is 0. The normalized spacial score (nSPS) is 10.7. The van der Waals surface area contributed by atoms with E-state index in [1.165, 1.54) is 22.3 Å². The molecule has 0 aliphatic heterocycles. The lowest BCUT2D eigenvalue weighted by Crippen LogP contribution is -2.00. The van der Waals surface area contributed by atoms with E-state index in [1.807, 2.05) is 24.3 Å². The quantitative estimate of drug-likeness (QED) is 0.661. The minimum Gasteiger partial charge on any atom is -0.399 e. The smallest absolute Gasteiger partial charge is 0.0314 e. The number of hydrogen-bond donors (Lipinski definition) is 2. The van der Waals surface area contributed by atoms with Gasteiger partial charge in [0.05, 0.1) is 0 Å². The molecule has 0 radical (unpaired) electrons. The van der Waals surface area contributed by atoms with E-state index in [4.69, 9.17) is 11.5 Å². The van der Waals surface area contributed by atoms with Crippen molar-refractivity contribution < 1.29 is 0 Å². The van der Waals surface area contributed by atoms with E-state index in [0.29, 0.717) is 0 Å². The van der Waals surface area contributed by atoms with Gasteiger partial charge in [0, 0.05) is 11.4 Å². The van der Waals surface area contributed by atoms with E-state index in [-0.39, 0.29) is 0 Å². The van der Waals surface area contributed by atoms with E-state index >= 15 is 0 Å². The van der Waals surface area contributed by atoms with Crippen LogP contribution in [0, 0.1) is 0 Å². The van der Waals surface area contributed by atoms with Gasteiger partial charge in [0.2, 0.25) is 0 Å². The fourth-order valence-corrected chi connectivity index (χ4v) is 2.97. The summed E-state index contributed by atoms with van der Waals surface area (Å²) in [6.07, 6.45) is 4.20. The van der Waals surface area contributed by atoms with Gasteiger partial charge in [-0.05, 0) is 72.2 Å². The maximum Gasteiger partial charge on any atom is 0.0314 e. The van der Waals surface area contributed by atoms with E-state index in [1.54, 1.807) is 0 Å². The summed E-state index contributed by atoms with van der Waals surface area (Å²) < 4.78 is 0. The maximum atomic E-state index is 5.75. The number of aryl methyl sites for hydroxylation is 4. The fraction of sp³-hybridized carbons (Fsp3) is 0.182. The van der Waals surface area contributed by atoms with Gasteiger partial charge in [0.25, 0.3) is 0 Å². The topological polar surface area (TPSA) is 52.0 Å². The second-order valence-corrected chi connectivity index (χ2v) is 6.25. The molecule has 0 bridgehead atoms. The van der Waals surface area contributed by atoms with Crippen LogP contribution in [-0.4, -0.2) is 0 Å². The molecule has 0 atom stereocenters. The Labute approximate surface area is 144 Å². The molecule has 122 valence electrons. The third-order valence-corrected chi connectivity index (χ3v) is 4.44. The summed E-state index contributed by atoms with van der Waals surface area (Å²) in [4.78, 5) is 0. The molecule has 2 heteroatoms. The molecule has 0 fully saturated rings. The average molecular weight is 316 g/mol. The lowest BCUT2D eigenvalue weighted by molar-refractivity contribution is 0.894. The third-order valence-electron chi connectivity index (χ3n) is 4.44. The first-order valence-electron chi connectivity index (χ1n) is 8.46. The van der Waals surface area contributed by atoms with Crippen molar-refractivity contribution in [3.63, 3.8) is 0 Å². The molecule has 0 spiro atoms. The van der Waals surface area contributed by atoms with Crippen LogP contribution in [0.25, 0.3) is 0 Å². The van der Waals surface area contributed by atoms with Gasteiger partial charge in [-0.1, -0.05) is 48.5 Å². The maximum absolute atomic E-state index is 5.75. The monoisotopic (exact) mass is 316 g/mol. The SMILES string of the molecule is Nc1ccc(CCc2ccccc2CCc2ccc(N)cc2)cc1. The van der Waals surface area contributed by atoms with Crippen LogP contribution < -0.4 is 11.5 Å². The van der Waals surface area contributed by atoms with Crippen LogP contribution in [0.2, 0.25) is 0 Å². The third kappa shape index (κ3) is 4.39. The molecule has 3 aromatic carbocycles. The molecule has 0 aliphatic rings. The van der Waals surface area contributed by atoms with Crippen molar-refractivity contribution in [3.8, 4) is 0 Å². The van der Waals surface area contributed by atoms with Gasteiger partial charge >= 0.3 is 0 Å². The number of rotatable bonds is 6. The molecule has 0 aromatic heterocycles. The molecule has 3 rings (SSSR count). The molecule has 2 nitrogen and oxygen atoms in total. The van der Waals surface area contributed by atoms with Crippen molar-refractivity contribution >= 4 is 11.4 Å². The summed E-state index contributed by atoms with van der Waals surface area (Å²) in [5, 5.41) is 0. The van der Waals surface area contributed by atoms with Crippen molar-refractivity contribution in [1.29, 1.82) is 0 Å². The summed E-state index contributed by atoms with van der Waals surface area (Å²) >= 11 is 0. The lowest BCUT2D eigenvalue weighted by atomic mass is 9.95. The van der Waals surface area contributed by atoms with E-state index < -0.39 is 0 Å². The lowest BCUT2D eigenvalue weighted by Gasteiger charge is -2.10. The molecule has 4 N–H and O–H groups in total. The standard InChI is InChI=1S/C22H24N2/c23-21-13-7-17(8-14-21)5-11-19-3-1-2-4-20(19)12-6-18-9-15-22(24)16-10-18/h1-4,7-10,13-16H,5-6,11-12,23-24H2. The highest BCUT2D eigenvalue weighted by Gasteiger charge is 2.04. The Morgan fingerprint density at radius 3 is 1.21 bits per heavy atom. The van der Waals surface area contributed by atoms with Gasteiger partial charge < -0.3 is 11.5 Å². The summed E-state index contributed by atoms with van der Waals surface area (Å²) in [6.45, 7) is 0. The summed E-state index contributed by atoms with van der Waals surface area (Å²) in [5.41, 5.74) is 18.7. The van der Waals surface area contributed by atoms with Crippen molar-refractivity contribution in [3.05, 3.63) is 95.1 Å². The molecule has 24 heavy (non-hydrogen) atoms. The van der Waals surface area contributed by atoms with Crippen LogP contribution in [0.4, 0.5) is 11.4 Å². The number of benzene rings is 3. The van der Waals surface area contributed by atoms with Gasteiger partial charge in [-0.2, -0.15) is 0 Å². The van der Waals surface area contributed by atoms with Crippen LogP contribution in [0.15, 0.2) is 72.8 Å². The molecule has 0 unspecified atom stereocenters. The predicted molar refractivity (Wildman–Crippen MR) is 103 cm³/mol. The molecule has 0 aliphatic carbocycles. The van der Waals surface area contributed by atoms with Crippen LogP contribution in [0.1, 0.15) is 22.3 Å². The van der Waals surface area contributed by atoms with Crippen LogP contribution >= 0.6 is 0 Å². The van der Waals surface area contributed by atoms with Crippen LogP contribution in [0.5, 0.6) is 0 Å². The highest BCUT2D eigenvalue weighted by Crippen LogP contribution is 2.16. The minimum atomic E-state index is 0.822. The Kier molecular flexibility index (Phi) is 5.17. The highest BCUT2D eigenvalue weighted by molar-refractivity contribution is 5.40. The zero-order valence-electron chi connectivity index (χ0n) is 13.9. The Balaban J connectivity index is 1.64. The molecule has 0 heterocycles. The minimum absolute atomic E-state index is 0.822. The zero-order chi connectivity index (χ0) is 16.8.